The summed E-state index contributed by atoms with van der Waals surface area (Å²) in [6.45, 7) is 3.07. The van der Waals surface area contributed by atoms with Crippen molar-refractivity contribution in [1.82, 2.24) is 10.2 Å². The molecule has 0 saturated heterocycles. The van der Waals surface area contributed by atoms with E-state index in [4.69, 9.17) is 5.26 Å². The van der Waals surface area contributed by atoms with Gasteiger partial charge in [-0.05, 0) is 38.0 Å². The quantitative estimate of drug-likeness (QED) is 0.789. The van der Waals surface area contributed by atoms with E-state index in [1.165, 1.54) is 12.8 Å². The molecule has 0 aromatic rings. The van der Waals surface area contributed by atoms with Crippen LogP contribution in [0.25, 0.3) is 0 Å². The zero-order valence-electron chi connectivity index (χ0n) is 10.7. The van der Waals surface area contributed by atoms with Crippen LogP contribution in [0, 0.1) is 23.2 Å². The molecule has 0 atom stereocenters. The highest BCUT2D eigenvalue weighted by atomic mass is 15.3. The molecule has 0 bridgehead atoms. The lowest BCUT2D eigenvalue weighted by Crippen LogP contribution is -2.44. The molecule has 2 rings (SSSR count). The van der Waals surface area contributed by atoms with Gasteiger partial charge in [0.1, 0.15) is 0 Å². The SMILES string of the molecule is CN1CCCN=C1NCC1CCC(C#N)CC1. The molecular weight excluding hydrogens is 212 g/mol. The van der Waals surface area contributed by atoms with Crippen molar-refractivity contribution in [3.8, 4) is 6.07 Å². The molecule has 1 heterocycles. The van der Waals surface area contributed by atoms with Crippen LogP contribution in [-0.4, -0.2) is 37.5 Å². The zero-order chi connectivity index (χ0) is 12.1. The highest BCUT2D eigenvalue weighted by Gasteiger charge is 2.21. The minimum atomic E-state index is 0.306. The zero-order valence-corrected chi connectivity index (χ0v) is 10.7. The van der Waals surface area contributed by atoms with Gasteiger partial charge in [-0.2, -0.15) is 5.26 Å². The van der Waals surface area contributed by atoms with Crippen molar-refractivity contribution < 1.29 is 0 Å². The first-order valence-electron chi connectivity index (χ1n) is 6.68. The number of hydrogen-bond acceptors (Lipinski definition) is 4. The predicted octanol–water partition coefficient (Wildman–Crippen LogP) is 1.60. The monoisotopic (exact) mass is 234 g/mol. The number of nitrogens with one attached hydrogen (secondary N) is 1. The van der Waals surface area contributed by atoms with E-state index in [0.29, 0.717) is 5.92 Å². The Morgan fingerprint density at radius 2 is 2.18 bits per heavy atom. The molecule has 1 aliphatic carbocycles. The maximum atomic E-state index is 8.85. The summed E-state index contributed by atoms with van der Waals surface area (Å²) >= 11 is 0. The lowest BCUT2D eigenvalue weighted by molar-refractivity contribution is 0.310. The average molecular weight is 234 g/mol. The van der Waals surface area contributed by atoms with Gasteiger partial charge in [0.15, 0.2) is 5.96 Å². The van der Waals surface area contributed by atoms with Gasteiger partial charge in [-0.15, -0.1) is 0 Å². The minimum Gasteiger partial charge on any atom is -0.356 e. The summed E-state index contributed by atoms with van der Waals surface area (Å²) in [5.74, 6) is 2.08. The molecule has 1 aliphatic heterocycles. The summed E-state index contributed by atoms with van der Waals surface area (Å²) in [4.78, 5) is 6.70. The van der Waals surface area contributed by atoms with E-state index in [9.17, 15) is 0 Å². The predicted molar refractivity (Wildman–Crippen MR) is 68.6 cm³/mol. The number of hydrogen-bond donors (Lipinski definition) is 1. The van der Waals surface area contributed by atoms with Crippen LogP contribution in [0.5, 0.6) is 0 Å². The molecule has 0 aromatic carbocycles. The molecule has 0 amide bonds. The third kappa shape index (κ3) is 3.36. The molecule has 1 N–H and O–H groups in total. The average Bonchev–Trinajstić information content (AvgIpc) is 2.38. The van der Waals surface area contributed by atoms with Crippen molar-refractivity contribution >= 4 is 5.96 Å². The number of guanidine groups is 1. The van der Waals surface area contributed by atoms with E-state index in [0.717, 1.165) is 50.8 Å². The Morgan fingerprint density at radius 3 is 2.82 bits per heavy atom. The molecule has 4 nitrogen and oxygen atoms in total. The Hall–Kier alpha value is -1.24. The molecule has 94 valence electrons. The lowest BCUT2D eigenvalue weighted by Gasteiger charge is -2.29. The highest BCUT2D eigenvalue weighted by molar-refractivity contribution is 5.80. The molecule has 17 heavy (non-hydrogen) atoms. The molecule has 1 saturated carbocycles. The third-order valence-corrected chi connectivity index (χ3v) is 3.85. The number of nitriles is 1. The van der Waals surface area contributed by atoms with Crippen LogP contribution in [0.1, 0.15) is 32.1 Å². The summed E-state index contributed by atoms with van der Waals surface area (Å²) in [5.41, 5.74) is 0. The van der Waals surface area contributed by atoms with Gasteiger partial charge in [-0.3, -0.25) is 4.99 Å². The second-order valence-electron chi connectivity index (χ2n) is 5.21. The third-order valence-electron chi connectivity index (χ3n) is 3.85. The summed E-state index contributed by atoms with van der Waals surface area (Å²) in [6.07, 6.45) is 5.68. The Balaban J connectivity index is 1.72. The van der Waals surface area contributed by atoms with Gasteiger partial charge in [0.25, 0.3) is 0 Å². The molecule has 1 fully saturated rings. The summed E-state index contributed by atoms with van der Waals surface area (Å²) in [5, 5.41) is 12.3. The van der Waals surface area contributed by atoms with Gasteiger partial charge in [0, 0.05) is 32.6 Å². The summed E-state index contributed by atoms with van der Waals surface area (Å²) < 4.78 is 0. The van der Waals surface area contributed by atoms with E-state index < -0.39 is 0 Å². The molecule has 0 spiro atoms. The van der Waals surface area contributed by atoms with E-state index in [1.54, 1.807) is 0 Å². The maximum Gasteiger partial charge on any atom is 0.193 e. The molecular formula is C13H22N4. The van der Waals surface area contributed by atoms with Gasteiger partial charge in [0.2, 0.25) is 0 Å². The normalized spacial score (nSPS) is 29.4. The van der Waals surface area contributed by atoms with E-state index in [-0.39, 0.29) is 0 Å². The Bertz CT molecular complexity index is 310. The van der Waals surface area contributed by atoms with Crippen LogP contribution in [0.2, 0.25) is 0 Å². The molecule has 0 unspecified atom stereocenters. The molecule has 4 heteroatoms. The largest absolute Gasteiger partial charge is 0.356 e. The Labute approximate surface area is 104 Å². The van der Waals surface area contributed by atoms with Gasteiger partial charge >= 0.3 is 0 Å². The first-order chi connectivity index (χ1) is 8.29. The van der Waals surface area contributed by atoms with Gasteiger partial charge in [-0.1, -0.05) is 0 Å². The standard InChI is InChI=1S/C13H22N4/c1-17-8-2-7-15-13(17)16-10-12-5-3-11(9-14)4-6-12/h11-12H,2-8,10H2,1H3,(H,15,16). The first kappa shape index (κ1) is 12.2. The number of aliphatic imine (C=N–C) groups is 1. The van der Waals surface area contributed by atoms with Crippen molar-refractivity contribution in [3.63, 3.8) is 0 Å². The fourth-order valence-electron chi connectivity index (χ4n) is 2.64. The molecule has 0 radical (unpaired) electrons. The second kappa shape index (κ2) is 5.90. The number of nitrogens with zero attached hydrogens (tertiary/aromatic N) is 3. The minimum absolute atomic E-state index is 0.306. The van der Waals surface area contributed by atoms with Crippen molar-refractivity contribution in [3.05, 3.63) is 0 Å². The van der Waals surface area contributed by atoms with Crippen molar-refractivity contribution in [1.29, 1.82) is 5.26 Å². The van der Waals surface area contributed by atoms with Gasteiger partial charge in [0.05, 0.1) is 6.07 Å². The van der Waals surface area contributed by atoms with Crippen molar-refractivity contribution in [2.45, 2.75) is 32.1 Å². The lowest BCUT2D eigenvalue weighted by atomic mass is 9.83. The Morgan fingerprint density at radius 1 is 1.41 bits per heavy atom. The van der Waals surface area contributed by atoms with Crippen LogP contribution >= 0.6 is 0 Å². The fraction of sp³-hybridized carbons (Fsp3) is 0.846. The van der Waals surface area contributed by atoms with Crippen LogP contribution in [0.3, 0.4) is 0 Å². The van der Waals surface area contributed by atoms with Gasteiger partial charge < -0.3 is 10.2 Å². The first-order valence-corrected chi connectivity index (χ1v) is 6.68. The summed E-state index contributed by atoms with van der Waals surface area (Å²) in [7, 11) is 2.09. The van der Waals surface area contributed by atoms with Crippen molar-refractivity contribution in [2.24, 2.45) is 16.8 Å². The highest BCUT2D eigenvalue weighted by Crippen LogP contribution is 2.27. The maximum absolute atomic E-state index is 8.85. The van der Waals surface area contributed by atoms with E-state index in [2.05, 4.69) is 28.3 Å². The van der Waals surface area contributed by atoms with Crippen LogP contribution in [-0.2, 0) is 0 Å². The fourth-order valence-corrected chi connectivity index (χ4v) is 2.64. The van der Waals surface area contributed by atoms with Crippen molar-refractivity contribution in [2.75, 3.05) is 26.7 Å². The van der Waals surface area contributed by atoms with E-state index >= 15 is 0 Å². The smallest absolute Gasteiger partial charge is 0.193 e. The van der Waals surface area contributed by atoms with Crippen LogP contribution in [0.4, 0.5) is 0 Å². The van der Waals surface area contributed by atoms with Gasteiger partial charge in [-0.25, -0.2) is 0 Å². The molecule has 0 aromatic heterocycles. The van der Waals surface area contributed by atoms with E-state index in [1.807, 2.05) is 0 Å². The molecule has 2 aliphatic rings. The summed E-state index contributed by atoms with van der Waals surface area (Å²) in [6, 6.07) is 2.38. The Kier molecular flexibility index (Phi) is 4.24. The topological polar surface area (TPSA) is 51.4 Å². The van der Waals surface area contributed by atoms with Crippen LogP contribution < -0.4 is 5.32 Å². The number of rotatable bonds is 2. The second-order valence-corrected chi connectivity index (χ2v) is 5.21. The van der Waals surface area contributed by atoms with Crippen LogP contribution in [0.15, 0.2) is 4.99 Å².